The van der Waals surface area contributed by atoms with Crippen molar-refractivity contribution >= 4 is 24.1 Å². The van der Waals surface area contributed by atoms with Crippen LogP contribution in [0.3, 0.4) is 0 Å². The van der Waals surface area contributed by atoms with E-state index in [0.717, 1.165) is 33.4 Å². The molecule has 4 nitrogen and oxygen atoms in total. The first-order chi connectivity index (χ1) is 23.6. The van der Waals surface area contributed by atoms with Crippen molar-refractivity contribution in [1.82, 2.24) is 0 Å². The molecule has 0 saturated heterocycles. The Morgan fingerprint density at radius 1 is 0.510 bits per heavy atom. The Hall–Kier alpha value is -4.70. The fraction of sp³-hybridized carbons (Fsp3) is 0.362. The molecule has 5 rings (SSSR count). The SMILES string of the molecule is CC(C)(C)OC(=O)C=Cc1ccc(C2(c3ccc(C=CC(=O)OC(C)(C)C)c(C(C)(C)C)c3)c3ccccc3-c3ccccc32)cc1C(C)(C)C. The molecule has 0 unspecified atom stereocenters. The predicted octanol–water partition coefficient (Wildman–Crippen LogP) is 11.4. The first-order valence-electron chi connectivity index (χ1n) is 17.9. The highest BCUT2D eigenvalue weighted by molar-refractivity contribution is 5.90. The molecule has 0 atom stereocenters. The molecule has 0 aliphatic heterocycles. The zero-order valence-corrected chi connectivity index (χ0v) is 32.5. The van der Waals surface area contributed by atoms with Crippen LogP contribution in [0.25, 0.3) is 23.3 Å². The van der Waals surface area contributed by atoms with Gasteiger partial charge in [-0.15, -0.1) is 0 Å². The third-order valence-corrected chi connectivity index (χ3v) is 9.15. The Bertz CT molecular complexity index is 1870. The number of hydrogen-bond donors (Lipinski definition) is 0. The van der Waals surface area contributed by atoms with Crippen molar-refractivity contribution in [2.24, 2.45) is 0 Å². The molecule has 266 valence electrons. The smallest absolute Gasteiger partial charge is 0.331 e. The standard InChI is InChI=1S/C47H54O4/c1-43(2,3)39-29-33(25-21-31(39)23-27-41(48)50-45(7,8)9)47(37-19-15-13-17-35(37)36-18-14-16-20-38(36)47)34-26-22-32(40(30-34)44(4,5)6)24-28-42(49)51-46(10,11)12/h13-30H,1-12H3. The number of hydrogen-bond acceptors (Lipinski definition) is 4. The summed E-state index contributed by atoms with van der Waals surface area (Å²) in [5.74, 6) is -0.728. The van der Waals surface area contributed by atoms with E-state index in [1.165, 1.54) is 34.4 Å². The molecule has 0 bridgehead atoms. The van der Waals surface area contributed by atoms with Crippen molar-refractivity contribution in [1.29, 1.82) is 0 Å². The van der Waals surface area contributed by atoms with E-state index >= 15 is 0 Å². The fourth-order valence-electron chi connectivity index (χ4n) is 7.18. The molecule has 0 heterocycles. The molecule has 4 aromatic carbocycles. The van der Waals surface area contributed by atoms with Crippen molar-refractivity contribution in [3.63, 3.8) is 0 Å². The minimum absolute atomic E-state index is 0.227. The largest absolute Gasteiger partial charge is 0.457 e. The van der Waals surface area contributed by atoms with Gasteiger partial charge in [-0.2, -0.15) is 0 Å². The third kappa shape index (κ3) is 7.96. The van der Waals surface area contributed by atoms with Gasteiger partial charge in [-0.25, -0.2) is 9.59 Å². The topological polar surface area (TPSA) is 52.6 Å². The molecule has 1 aliphatic rings. The Balaban J connectivity index is 1.79. The predicted molar refractivity (Wildman–Crippen MR) is 211 cm³/mol. The van der Waals surface area contributed by atoms with Gasteiger partial charge in [-0.1, -0.05) is 126 Å². The van der Waals surface area contributed by atoms with Gasteiger partial charge in [-0.3, -0.25) is 0 Å². The number of ether oxygens (including phenoxy) is 2. The lowest BCUT2D eigenvalue weighted by molar-refractivity contribution is -0.149. The van der Waals surface area contributed by atoms with Crippen molar-refractivity contribution in [3.05, 3.63) is 142 Å². The zero-order valence-electron chi connectivity index (χ0n) is 32.5. The van der Waals surface area contributed by atoms with Crippen LogP contribution >= 0.6 is 0 Å². The summed E-state index contributed by atoms with van der Waals surface area (Å²) in [5.41, 5.74) is 9.17. The molecule has 0 radical (unpaired) electrons. The van der Waals surface area contributed by atoms with Crippen LogP contribution in [0.15, 0.2) is 97.1 Å². The van der Waals surface area contributed by atoms with Crippen molar-refractivity contribution in [3.8, 4) is 11.1 Å². The Morgan fingerprint density at radius 2 is 0.863 bits per heavy atom. The average Bonchev–Trinajstić information content (AvgIpc) is 3.31. The van der Waals surface area contributed by atoms with E-state index in [0.29, 0.717) is 0 Å². The van der Waals surface area contributed by atoms with E-state index in [1.807, 2.05) is 53.7 Å². The molecular weight excluding hydrogens is 629 g/mol. The van der Waals surface area contributed by atoms with Crippen LogP contribution in [0.5, 0.6) is 0 Å². The summed E-state index contributed by atoms with van der Waals surface area (Å²) in [7, 11) is 0. The van der Waals surface area contributed by atoms with Crippen molar-refractivity contribution in [2.75, 3.05) is 0 Å². The lowest BCUT2D eigenvalue weighted by Crippen LogP contribution is -2.30. The van der Waals surface area contributed by atoms with E-state index in [-0.39, 0.29) is 22.8 Å². The van der Waals surface area contributed by atoms with Gasteiger partial charge >= 0.3 is 11.9 Å². The average molecular weight is 683 g/mol. The van der Waals surface area contributed by atoms with Crippen molar-refractivity contribution in [2.45, 2.75) is 111 Å². The second kappa shape index (κ2) is 13.5. The van der Waals surface area contributed by atoms with Gasteiger partial charge in [-0.05, 0) is 120 Å². The summed E-state index contributed by atoms with van der Waals surface area (Å²) in [6.07, 6.45) is 6.82. The first kappa shape index (κ1) is 37.6. The lowest BCUT2D eigenvalue weighted by Gasteiger charge is -2.36. The highest BCUT2D eigenvalue weighted by atomic mass is 16.6. The third-order valence-electron chi connectivity index (χ3n) is 9.15. The molecule has 0 N–H and O–H groups in total. The number of carbonyl (C=O) groups is 2. The van der Waals surface area contributed by atoms with Gasteiger partial charge in [0.15, 0.2) is 0 Å². The van der Waals surface area contributed by atoms with E-state index in [2.05, 4.69) is 126 Å². The minimum atomic E-state index is -0.631. The van der Waals surface area contributed by atoms with Gasteiger partial charge in [0.25, 0.3) is 0 Å². The van der Waals surface area contributed by atoms with Gasteiger partial charge in [0.2, 0.25) is 0 Å². The molecule has 4 heteroatoms. The molecule has 51 heavy (non-hydrogen) atoms. The number of rotatable bonds is 6. The number of esters is 2. The number of fused-ring (bicyclic) bond motifs is 3. The van der Waals surface area contributed by atoms with Crippen LogP contribution in [-0.2, 0) is 35.3 Å². The highest BCUT2D eigenvalue weighted by Gasteiger charge is 2.46. The van der Waals surface area contributed by atoms with Crippen LogP contribution in [0.1, 0.15) is 128 Å². The zero-order chi connectivity index (χ0) is 37.6. The molecule has 4 aromatic rings. The van der Waals surface area contributed by atoms with Gasteiger partial charge in [0.05, 0.1) is 5.41 Å². The van der Waals surface area contributed by atoms with Crippen LogP contribution in [0, 0.1) is 0 Å². The lowest BCUT2D eigenvalue weighted by atomic mass is 9.65. The molecule has 0 saturated carbocycles. The molecular formula is C47H54O4. The van der Waals surface area contributed by atoms with Gasteiger partial charge < -0.3 is 9.47 Å². The molecule has 0 aromatic heterocycles. The minimum Gasteiger partial charge on any atom is -0.457 e. The highest BCUT2D eigenvalue weighted by Crippen LogP contribution is 2.57. The van der Waals surface area contributed by atoms with E-state index in [1.54, 1.807) is 0 Å². The Kier molecular flexibility index (Phi) is 9.90. The monoisotopic (exact) mass is 682 g/mol. The van der Waals surface area contributed by atoms with Crippen LogP contribution < -0.4 is 0 Å². The van der Waals surface area contributed by atoms with Gasteiger partial charge in [0.1, 0.15) is 11.2 Å². The quantitative estimate of drug-likeness (QED) is 0.132. The van der Waals surface area contributed by atoms with Crippen LogP contribution in [0.4, 0.5) is 0 Å². The second-order valence-electron chi connectivity index (χ2n) is 17.7. The molecule has 0 spiro atoms. The van der Waals surface area contributed by atoms with E-state index in [4.69, 9.17) is 9.47 Å². The van der Waals surface area contributed by atoms with Crippen LogP contribution in [0.2, 0.25) is 0 Å². The second-order valence-corrected chi connectivity index (χ2v) is 17.7. The maximum atomic E-state index is 12.7. The maximum absolute atomic E-state index is 12.7. The van der Waals surface area contributed by atoms with Crippen molar-refractivity contribution < 1.29 is 19.1 Å². The summed E-state index contributed by atoms with van der Waals surface area (Å²) in [4.78, 5) is 25.5. The summed E-state index contributed by atoms with van der Waals surface area (Å²) in [6, 6.07) is 30.8. The number of benzene rings is 4. The Morgan fingerprint density at radius 3 is 1.20 bits per heavy atom. The molecule has 0 fully saturated rings. The maximum Gasteiger partial charge on any atom is 0.331 e. The number of carbonyl (C=O) groups excluding carboxylic acids is 2. The summed E-state index contributed by atoms with van der Waals surface area (Å²) in [5, 5.41) is 0. The molecule has 0 amide bonds. The summed E-state index contributed by atoms with van der Waals surface area (Å²) in [6.45, 7) is 24.5. The fourth-order valence-corrected chi connectivity index (χ4v) is 7.18. The van der Waals surface area contributed by atoms with E-state index in [9.17, 15) is 9.59 Å². The Labute approximate surface area is 305 Å². The van der Waals surface area contributed by atoms with E-state index < -0.39 is 16.6 Å². The first-order valence-corrected chi connectivity index (χ1v) is 17.9. The normalized spacial score (nSPS) is 14.4. The van der Waals surface area contributed by atoms with Crippen LogP contribution in [-0.4, -0.2) is 23.1 Å². The summed E-state index contributed by atoms with van der Waals surface area (Å²) < 4.78 is 11.2. The summed E-state index contributed by atoms with van der Waals surface area (Å²) >= 11 is 0. The molecule has 1 aliphatic carbocycles. The van der Waals surface area contributed by atoms with Gasteiger partial charge in [0, 0.05) is 12.2 Å².